The molecule has 1 aliphatic heterocycles. The van der Waals surface area contributed by atoms with E-state index < -0.39 is 26.3 Å². The zero-order valence-electron chi connectivity index (χ0n) is 17.2. The van der Waals surface area contributed by atoms with Gasteiger partial charge in [0.1, 0.15) is 10.9 Å². The Kier molecular flexibility index (Phi) is 4.24. The van der Waals surface area contributed by atoms with E-state index >= 15 is 0 Å². The predicted octanol–water partition coefficient (Wildman–Crippen LogP) is 3.74. The fourth-order valence-corrected chi connectivity index (χ4v) is 9.02. The zero-order chi connectivity index (χ0) is 21.5. The molecule has 4 unspecified atom stereocenters. The highest BCUT2D eigenvalue weighted by molar-refractivity contribution is 9.10. The second-order valence-electron chi connectivity index (χ2n) is 10.3. The molecule has 162 valence electrons. The Morgan fingerprint density at radius 1 is 1.23 bits per heavy atom. The van der Waals surface area contributed by atoms with E-state index in [-0.39, 0.29) is 11.3 Å². The Morgan fingerprint density at radius 2 is 1.93 bits per heavy atom. The Balaban J connectivity index is 1.49. The summed E-state index contributed by atoms with van der Waals surface area (Å²) in [5.74, 6) is 0.918. The van der Waals surface area contributed by atoms with E-state index in [1.54, 1.807) is 12.1 Å². The number of rotatable bonds is 3. The first-order chi connectivity index (χ1) is 13.9. The molecule has 1 heterocycles. The minimum absolute atomic E-state index is 0.210. The molecule has 5 aliphatic rings. The lowest BCUT2D eigenvalue weighted by Gasteiger charge is -2.42. The van der Waals surface area contributed by atoms with Gasteiger partial charge in [-0.1, -0.05) is 28.1 Å². The number of sulfonamides is 1. The number of carbonyl (C=O) groups is 1. The highest BCUT2D eigenvalue weighted by Crippen LogP contribution is 2.71. The molecule has 8 heteroatoms. The first-order valence-electron chi connectivity index (χ1n) is 10.4. The van der Waals surface area contributed by atoms with Gasteiger partial charge in [-0.15, -0.1) is 0 Å². The first kappa shape index (κ1) is 20.4. The second-order valence-corrected chi connectivity index (χ2v) is 12.9. The lowest BCUT2D eigenvalue weighted by atomic mass is 9.66. The molecule has 4 saturated carbocycles. The zero-order valence-corrected chi connectivity index (χ0v) is 19.6. The molecule has 1 saturated heterocycles. The lowest BCUT2D eigenvalue weighted by molar-refractivity contribution is -0.130. The van der Waals surface area contributed by atoms with Crippen molar-refractivity contribution in [2.45, 2.75) is 56.8 Å². The number of hydrogen-bond donors (Lipinski definition) is 2. The smallest absolute Gasteiger partial charge is 0.246 e. The van der Waals surface area contributed by atoms with Crippen molar-refractivity contribution < 1.29 is 17.9 Å². The van der Waals surface area contributed by atoms with E-state index in [0.717, 1.165) is 30.2 Å². The van der Waals surface area contributed by atoms with Crippen LogP contribution < -0.4 is 10.5 Å². The SMILES string of the molecule is CC1(C)O/C(=C/C23CC4CC2CC(C(N)=O)(C4)C3)NS(=O)(=O)[C@@H]1c1ccc(Br)cc1. The van der Waals surface area contributed by atoms with Gasteiger partial charge >= 0.3 is 0 Å². The van der Waals surface area contributed by atoms with E-state index in [9.17, 15) is 13.2 Å². The Labute approximate surface area is 185 Å². The molecule has 30 heavy (non-hydrogen) atoms. The summed E-state index contributed by atoms with van der Waals surface area (Å²) in [6.07, 6.45) is 6.39. The molecule has 4 bridgehead atoms. The van der Waals surface area contributed by atoms with Crippen molar-refractivity contribution in [3.8, 4) is 0 Å². The number of carbonyl (C=O) groups excluding carboxylic acids is 1. The maximum atomic E-state index is 13.3. The van der Waals surface area contributed by atoms with Crippen molar-refractivity contribution in [2.24, 2.45) is 28.4 Å². The molecule has 0 radical (unpaired) electrons. The summed E-state index contributed by atoms with van der Waals surface area (Å²) in [5, 5.41) is -0.832. The second kappa shape index (κ2) is 6.25. The molecule has 6 rings (SSSR count). The van der Waals surface area contributed by atoms with Gasteiger partial charge < -0.3 is 10.5 Å². The van der Waals surface area contributed by atoms with Gasteiger partial charge in [0.15, 0.2) is 5.88 Å². The van der Waals surface area contributed by atoms with Crippen LogP contribution in [-0.2, 0) is 19.6 Å². The van der Waals surface area contributed by atoms with Crippen molar-refractivity contribution in [1.29, 1.82) is 0 Å². The third kappa shape index (κ3) is 2.93. The van der Waals surface area contributed by atoms with Crippen LogP contribution >= 0.6 is 15.9 Å². The molecule has 5 fully saturated rings. The van der Waals surface area contributed by atoms with Crippen LogP contribution in [0, 0.1) is 22.7 Å². The van der Waals surface area contributed by atoms with Crippen molar-refractivity contribution >= 4 is 31.9 Å². The fraction of sp³-hybridized carbons (Fsp3) is 0.591. The third-order valence-electron chi connectivity index (χ3n) is 7.76. The summed E-state index contributed by atoms with van der Waals surface area (Å²) in [5.41, 5.74) is 4.87. The summed E-state index contributed by atoms with van der Waals surface area (Å²) in [6.45, 7) is 3.62. The van der Waals surface area contributed by atoms with Gasteiger partial charge in [-0.05, 0) is 87.0 Å². The molecule has 0 spiro atoms. The number of benzene rings is 1. The van der Waals surface area contributed by atoms with Gasteiger partial charge in [-0.2, -0.15) is 0 Å². The van der Waals surface area contributed by atoms with Crippen molar-refractivity contribution in [1.82, 2.24) is 4.72 Å². The summed E-state index contributed by atoms with van der Waals surface area (Å²) in [4.78, 5) is 12.2. The molecular formula is C22H27BrN2O4S. The van der Waals surface area contributed by atoms with Crippen LogP contribution in [0.25, 0.3) is 0 Å². The minimum Gasteiger partial charge on any atom is -0.471 e. The van der Waals surface area contributed by atoms with Crippen LogP contribution in [0.3, 0.4) is 0 Å². The van der Waals surface area contributed by atoms with Gasteiger partial charge in [0, 0.05) is 4.47 Å². The molecular weight excluding hydrogens is 468 g/mol. The van der Waals surface area contributed by atoms with Crippen LogP contribution in [0.4, 0.5) is 0 Å². The van der Waals surface area contributed by atoms with Gasteiger partial charge in [0.05, 0.1) is 5.41 Å². The summed E-state index contributed by atoms with van der Waals surface area (Å²) in [6, 6.07) is 7.28. The van der Waals surface area contributed by atoms with Gasteiger partial charge in [0.2, 0.25) is 15.9 Å². The topological polar surface area (TPSA) is 98.5 Å². The van der Waals surface area contributed by atoms with E-state index in [0.29, 0.717) is 29.7 Å². The van der Waals surface area contributed by atoms with Crippen molar-refractivity contribution in [3.63, 3.8) is 0 Å². The van der Waals surface area contributed by atoms with Crippen molar-refractivity contribution in [3.05, 3.63) is 46.3 Å². The maximum Gasteiger partial charge on any atom is 0.246 e. The van der Waals surface area contributed by atoms with Crippen LogP contribution in [0.15, 0.2) is 40.7 Å². The molecule has 1 aromatic rings. The highest BCUT2D eigenvalue weighted by Gasteiger charge is 2.65. The van der Waals surface area contributed by atoms with E-state index in [4.69, 9.17) is 10.5 Å². The fourth-order valence-electron chi connectivity index (χ4n) is 6.95. The van der Waals surface area contributed by atoms with Crippen LogP contribution in [0.1, 0.15) is 56.8 Å². The molecule has 3 N–H and O–H groups in total. The third-order valence-corrected chi connectivity index (χ3v) is 10.2. The number of halogens is 1. The molecule has 5 atom stereocenters. The summed E-state index contributed by atoms with van der Waals surface area (Å²) < 4.78 is 36.4. The van der Waals surface area contributed by atoms with Crippen LogP contribution in [0.2, 0.25) is 0 Å². The van der Waals surface area contributed by atoms with E-state index in [2.05, 4.69) is 20.7 Å². The minimum atomic E-state index is -3.70. The lowest BCUT2D eigenvalue weighted by Crippen LogP contribution is -2.49. The molecule has 1 amide bonds. The number of primary amides is 1. The highest BCUT2D eigenvalue weighted by atomic mass is 79.9. The average Bonchev–Trinajstić information content (AvgIpc) is 2.96. The number of ether oxygens (including phenoxy) is 1. The molecule has 1 aromatic carbocycles. The normalized spacial score (nSPS) is 41.4. The summed E-state index contributed by atoms with van der Waals surface area (Å²) >= 11 is 3.39. The van der Waals surface area contributed by atoms with Gasteiger partial charge in [-0.3, -0.25) is 9.52 Å². The Bertz CT molecular complexity index is 1050. The number of nitrogens with one attached hydrogen (secondary N) is 1. The standard InChI is InChI=1S/C22H27BrN2O4S/c1-20(2)18(14-3-5-16(23)6-4-14)30(27,28)25-17(29-20)11-21-8-13-7-15(21)10-22(9-13,12-21)19(24)26/h3-6,11,13,15,18,25H,7-10,12H2,1-2H3,(H2,24,26)/b17-11+/t13?,15?,18-,21?,22?/m1/s1. The van der Waals surface area contributed by atoms with Gasteiger partial charge in [0.25, 0.3) is 0 Å². The number of allylic oxidation sites excluding steroid dienone is 1. The number of nitrogens with two attached hydrogens (primary N) is 1. The van der Waals surface area contributed by atoms with Crippen LogP contribution in [-0.4, -0.2) is 19.9 Å². The summed E-state index contributed by atoms with van der Waals surface area (Å²) in [7, 11) is -3.70. The first-order valence-corrected chi connectivity index (χ1v) is 12.8. The monoisotopic (exact) mass is 494 g/mol. The Morgan fingerprint density at radius 3 is 2.57 bits per heavy atom. The number of hydrogen-bond acceptors (Lipinski definition) is 4. The maximum absolute atomic E-state index is 13.3. The van der Waals surface area contributed by atoms with E-state index in [1.807, 2.05) is 32.1 Å². The van der Waals surface area contributed by atoms with Gasteiger partial charge in [-0.25, -0.2) is 8.42 Å². The van der Waals surface area contributed by atoms with Crippen molar-refractivity contribution in [2.75, 3.05) is 0 Å². The Hall–Kier alpha value is -1.54. The molecule has 0 aromatic heterocycles. The molecule has 6 nitrogen and oxygen atoms in total. The molecule has 4 aliphatic carbocycles. The predicted molar refractivity (Wildman–Crippen MR) is 116 cm³/mol. The van der Waals surface area contributed by atoms with E-state index in [1.165, 1.54) is 0 Å². The largest absolute Gasteiger partial charge is 0.471 e. The van der Waals surface area contributed by atoms with Crippen LogP contribution in [0.5, 0.6) is 0 Å². The number of amides is 1. The quantitative estimate of drug-likeness (QED) is 0.668. The average molecular weight is 495 g/mol.